The summed E-state index contributed by atoms with van der Waals surface area (Å²) in [6, 6.07) is 0. The van der Waals surface area contributed by atoms with Crippen LogP contribution >= 0.6 is 0 Å². The van der Waals surface area contributed by atoms with E-state index in [1.807, 2.05) is 29.3 Å². The van der Waals surface area contributed by atoms with Gasteiger partial charge >= 0.3 is 5.97 Å². The van der Waals surface area contributed by atoms with Crippen LogP contribution in [0, 0.1) is 12.3 Å². The Morgan fingerprint density at radius 3 is 3.00 bits per heavy atom. The minimum Gasteiger partial charge on any atom is -0.481 e. The molecule has 0 spiro atoms. The second kappa shape index (κ2) is 4.98. The quantitative estimate of drug-likeness (QED) is 0.918. The Kier molecular flexibility index (Phi) is 3.27. The van der Waals surface area contributed by atoms with E-state index in [2.05, 4.69) is 15.2 Å². The fourth-order valence-electron chi connectivity index (χ4n) is 3.17. The van der Waals surface area contributed by atoms with E-state index in [1.165, 1.54) is 0 Å². The summed E-state index contributed by atoms with van der Waals surface area (Å²) < 4.78 is 1.88. The first-order chi connectivity index (χ1) is 10.1. The molecule has 1 aliphatic heterocycles. The number of fused-ring (bicyclic) bond motifs is 1. The Hall–Kier alpha value is -2.18. The van der Waals surface area contributed by atoms with Gasteiger partial charge in [0, 0.05) is 25.5 Å². The minimum atomic E-state index is -0.712. The molecule has 1 fully saturated rings. The van der Waals surface area contributed by atoms with Gasteiger partial charge in [-0.2, -0.15) is 0 Å². The lowest BCUT2D eigenvalue weighted by molar-refractivity contribution is -0.148. The maximum Gasteiger partial charge on any atom is 0.311 e. The summed E-state index contributed by atoms with van der Waals surface area (Å²) in [5, 5.41) is 17.8. The number of anilines is 1. The molecule has 2 aromatic rings. The summed E-state index contributed by atoms with van der Waals surface area (Å²) >= 11 is 0. The molecule has 2 aromatic heterocycles. The number of carboxylic acid groups (broad SMARTS) is 1. The molecule has 7 nitrogen and oxygen atoms in total. The van der Waals surface area contributed by atoms with Crippen LogP contribution in [0.5, 0.6) is 0 Å². The van der Waals surface area contributed by atoms with Crippen molar-refractivity contribution < 1.29 is 9.90 Å². The summed E-state index contributed by atoms with van der Waals surface area (Å²) in [7, 11) is 0. The van der Waals surface area contributed by atoms with Crippen molar-refractivity contribution in [2.24, 2.45) is 5.41 Å². The van der Waals surface area contributed by atoms with E-state index in [0.29, 0.717) is 31.6 Å². The number of carboxylic acids is 1. The van der Waals surface area contributed by atoms with E-state index in [1.54, 1.807) is 6.20 Å². The molecule has 0 aliphatic carbocycles. The molecule has 21 heavy (non-hydrogen) atoms. The summed E-state index contributed by atoms with van der Waals surface area (Å²) in [6.07, 6.45) is 5.72. The maximum atomic E-state index is 11.7. The molecule has 0 bridgehead atoms. The van der Waals surface area contributed by atoms with Gasteiger partial charge in [-0.15, -0.1) is 10.2 Å². The Balaban J connectivity index is 1.96. The van der Waals surface area contributed by atoms with Crippen LogP contribution in [0.3, 0.4) is 0 Å². The van der Waals surface area contributed by atoms with Crippen molar-refractivity contribution in [2.45, 2.75) is 33.1 Å². The van der Waals surface area contributed by atoms with E-state index in [4.69, 9.17) is 0 Å². The zero-order chi connectivity index (χ0) is 15.0. The first-order valence-corrected chi connectivity index (χ1v) is 7.22. The molecular weight excluding hydrogens is 270 g/mol. The van der Waals surface area contributed by atoms with Gasteiger partial charge in [-0.1, -0.05) is 13.3 Å². The van der Waals surface area contributed by atoms with Crippen LogP contribution in [-0.2, 0) is 4.79 Å². The van der Waals surface area contributed by atoms with E-state index in [-0.39, 0.29) is 0 Å². The summed E-state index contributed by atoms with van der Waals surface area (Å²) in [6.45, 7) is 5.07. The highest BCUT2D eigenvalue weighted by Crippen LogP contribution is 2.38. The number of aromatic nitrogens is 4. The number of nitrogens with zero attached hydrogens (tertiary/aromatic N) is 5. The van der Waals surface area contributed by atoms with Gasteiger partial charge in [0.25, 0.3) is 0 Å². The smallest absolute Gasteiger partial charge is 0.311 e. The second-order valence-electron chi connectivity index (χ2n) is 5.70. The van der Waals surface area contributed by atoms with Crippen molar-refractivity contribution >= 4 is 17.4 Å². The number of rotatable bonds is 4. The van der Waals surface area contributed by atoms with Gasteiger partial charge < -0.3 is 10.0 Å². The topological polar surface area (TPSA) is 83.6 Å². The van der Waals surface area contributed by atoms with E-state index < -0.39 is 11.4 Å². The molecule has 1 N–H and O–H groups in total. The monoisotopic (exact) mass is 289 g/mol. The average molecular weight is 289 g/mol. The van der Waals surface area contributed by atoms with Crippen molar-refractivity contribution in [1.82, 2.24) is 19.6 Å². The van der Waals surface area contributed by atoms with Crippen LogP contribution in [0.4, 0.5) is 5.82 Å². The van der Waals surface area contributed by atoms with Gasteiger partial charge in [0.15, 0.2) is 5.82 Å². The largest absolute Gasteiger partial charge is 0.481 e. The molecule has 1 aliphatic rings. The third kappa shape index (κ3) is 2.12. The lowest BCUT2D eigenvalue weighted by atomic mass is 9.83. The molecule has 3 heterocycles. The lowest BCUT2D eigenvalue weighted by Gasteiger charge is -2.24. The third-order valence-electron chi connectivity index (χ3n) is 4.31. The molecule has 0 saturated carbocycles. The van der Waals surface area contributed by atoms with Crippen LogP contribution in [-0.4, -0.2) is 43.7 Å². The van der Waals surface area contributed by atoms with Crippen molar-refractivity contribution in [2.75, 3.05) is 18.0 Å². The zero-order valence-electron chi connectivity index (χ0n) is 12.3. The predicted molar refractivity (Wildman–Crippen MR) is 77.3 cm³/mol. The van der Waals surface area contributed by atoms with Gasteiger partial charge in [0.1, 0.15) is 5.82 Å². The molecule has 3 rings (SSSR count). The molecular formula is C14H19N5O2. The van der Waals surface area contributed by atoms with Gasteiger partial charge in [0.2, 0.25) is 5.65 Å². The summed E-state index contributed by atoms with van der Waals surface area (Å²) in [5.41, 5.74) is 0.0193. The Labute approximate surface area is 122 Å². The number of hydrogen-bond donors (Lipinski definition) is 1. The Morgan fingerprint density at radius 2 is 2.29 bits per heavy atom. The molecule has 112 valence electrons. The van der Waals surface area contributed by atoms with E-state index in [0.717, 1.165) is 18.1 Å². The third-order valence-corrected chi connectivity index (χ3v) is 4.31. The fourth-order valence-corrected chi connectivity index (χ4v) is 3.17. The van der Waals surface area contributed by atoms with Gasteiger partial charge in [-0.25, -0.2) is 4.98 Å². The first-order valence-electron chi connectivity index (χ1n) is 7.22. The predicted octanol–water partition coefficient (Wildman–Crippen LogP) is 1.51. The van der Waals surface area contributed by atoms with Gasteiger partial charge in [-0.3, -0.25) is 9.20 Å². The van der Waals surface area contributed by atoms with Crippen molar-refractivity contribution in [3.05, 3.63) is 18.2 Å². The minimum absolute atomic E-state index is 0.481. The van der Waals surface area contributed by atoms with Crippen molar-refractivity contribution in [3.8, 4) is 0 Å². The standard InChI is InChI=1S/C14H19N5O2/c1-3-4-14(13(20)21)5-7-18(9-14)11-12-17-16-10(2)19(12)8-6-15-11/h6,8H,3-5,7,9H2,1-2H3,(H,20,21). The second-order valence-corrected chi connectivity index (χ2v) is 5.70. The zero-order valence-corrected chi connectivity index (χ0v) is 12.3. The fraction of sp³-hybridized carbons (Fsp3) is 0.571. The maximum absolute atomic E-state index is 11.7. The summed E-state index contributed by atoms with van der Waals surface area (Å²) in [4.78, 5) is 18.1. The van der Waals surface area contributed by atoms with Gasteiger partial charge in [0.05, 0.1) is 5.41 Å². The van der Waals surface area contributed by atoms with Crippen LogP contribution < -0.4 is 4.90 Å². The van der Waals surface area contributed by atoms with Crippen LogP contribution in [0.1, 0.15) is 32.0 Å². The highest BCUT2D eigenvalue weighted by Gasteiger charge is 2.44. The van der Waals surface area contributed by atoms with Crippen molar-refractivity contribution in [1.29, 1.82) is 0 Å². The van der Waals surface area contributed by atoms with Crippen LogP contribution in [0.15, 0.2) is 12.4 Å². The molecule has 0 radical (unpaired) electrons. The van der Waals surface area contributed by atoms with Crippen molar-refractivity contribution in [3.63, 3.8) is 0 Å². The molecule has 1 unspecified atom stereocenters. The number of carbonyl (C=O) groups is 1. The molecule has 0 amide bonds. The Morgan fingerprint density at radius 1 is 1.48 bits per heavy atom. The number of aliphatic carboxylic acids is 1. The molecule has 1 saturated heterocycles. The molecule has 1 atom stereocenters. The first kappa shape index (κ1) is 13.8. The average Bonchev–Trinajstić information content (AvgIpc) is 3.05. The highest BCUT2D eigenvalue weighted by atomic mass is 16.4. The van der Waals surface area contributed by atoms with Gasteiger partial charge in [-0.05, 0) is 19.8 Å². The molecule has 7 heteroatoms. The van der Waals surface area contributed by atoms with E-state index >= 15 is 0 Å². The number of hydrogen-bond acceptors (Lipinski definition) is 5. The van der Waals surface area contributed by atoms with E-state index in [9.17, 15) is 9.90 Å². The van der Waals surface area contributed by atoms with Crippen LogP contribution in [0.2, 0.25) is 0 Å². The normalized spacial score (nSPS) is 22.1. The Bertz CT molecular complexity index is 683. The lowest BCUT2D eigenvalue weighted by Crippen LogP contribution is -2.35. The highest BCUT2D eigenvalue weighted by molar-refractivity contribution is 5.77. The SMILES string of the molecule is CCCC1(C(=O)O)CCN(c2nccn3c(C)nnc23)C1. The van der Waals surface area contributed by atoms with Crippen LogP contribution in [0.25, 0.3) is 5.65 Å². The number of aryl methyl sites for hydroxylation is 1. The molecule has 0 aromatic carbocycles. The summed E-state index contributed by atoms with van der Waals surface area (Å²) in [5.74, 6) is 0.805.